The highest BCUT2D eigenvalue weighted by Crippen LogP contribution is 2.57. The van der Waals surface area contributed by atoms with E-state index in [2.05, 4.69) is 24.3 Å². The van der Waals surface area contributed by atoms with Crippen LogP contribution < -0.4 is 0 Å². The van der Waals surface area contributed by atoms with Crippen molar-refractivity contribution in [1.29, 1.82) is 0 Å². The number of hydrogen-bond acceptors (Lipinski definition) is 3. The Morgan fingerprint density at radius 3 is 1.73 bits per heavy atom. The number of esters is 1. The fraction of sp³-hybridized carbons (Fsp3) is 0.345. The summed E-state index contributed by atoms with van der Waals surface area (Å²) in [6, 6.07) is 29.5. The summed E-state index contributed by atoms with van der Waals surface area (Å²) in [5.41, 5.74) is 1.37. The van der Waals surface area contributed by atoms with Crippen LogP contribution in [0.5, 0.6) is 0 Å². The van der Waals surface area contributed by atoms with Crippen LogP contribution in [0.2, 0.25) is 0 Å². The van der Waals surface area contributed by atoms with Gasteiger partial charge in [-0.1, -0.05) is 78.9 Å². The van der Waals surface area contributed by atoms with Crippen molar-refractivity contribution in [2.75, 3.05) is 32.8 Å². The van der Waals surface area contributed by atoms with Crippen LogP contribution in [0.4, 0.5) is 0 Å². The predicted octanol–water partition coefficient (Wildman–Crippen LogP) is 4.78. The molecule has 3 saturated heterocycles. The smallest absolute Gasteiger partial charge is 0.338 e. The molecule has 1 N–H and O–H groups in total. The third kappa shape index (κ3) is 3.88. The summed E-state index contributed by atoms with van der Waals surface area (Å²) < 4.78 is 6.58. The van der Waals surface area contributed by atoms with Crippen molar-refractivity contribution in [3.05, 3.63) is 108 Å². The van der Waals surface area contributed by atoms with Crippen molar-refractivity contribution in [2.24, 2.45) is 5.41 Å². The van der Waals surface area contributed by atoms with Gasteiger partial charge in [0.25, 0.3) is 0 Å². The number of hydrogen-bond donors (Lipinski definition) is 1. The number of nitrogens with zero attached hydrogens (tertiary/aromatic N) is 1. The Labute approximate surface area is 196 Å². The van der Waals surface area contributed by atoms with E-state index in [4.69, 9.17) is 4.74 Å². The first-order chi connectivity index (χ1) is 16.1. The number of fused-ring (bicyclic) bond motifs is 3. The Morgan fingerprint density at radius 2 is 1.24 bits per heavy atom. The van der Waals surface area contributed by atoms with Crippen LogP contribution >= 0.6 is 0 Å². The van der Waals surface area contributed by atoms with Crippen LogP contribution in [0.1, 0.15) is 40.7 Å². The van der Waals surface area contributed by atoms with Gasteiger partial charge in [-0.3, -0.25) is 0 Å². The Hall–Kier alpha value is -2.95. The zero-order valence-electron chi connectivity index (χ0n) is 19.0. The molecule has 3 fully saturated rings. The minimum atomic E-state index is -1.01. The molecule has 4 heteroatoms. The lowest BCUT2D eigenvalue weighted by molar-refractivity contribution is -0.946. The number of rotatable bonds is 7. The molecule has 0 unspecified atom stereocenters. The Bertz CT molecular complexity index is 1020. The van der Waals surface area contributed by atoms with Crippen LogP contribution in [-0.4, -0.2) is 48.3 Å². The van der Waals surface area contributed by atoms with E-state index in [9.17, 15) is 9.90 Å². The van der Waals surface area contributed by atoms with Gasteiger partial charge in [0, 0.05) is 24.7 Å². The number of piperidine rings is 3. The van der Waals surface area contributed by atoms with Gasteiger partial charge in [-0.15, -0.1) is 0 Å². The number of quaternary nitrogens is 1. The second kappa shape index (κ2) is 8.77. The van der Waals surface area contributed by atoms with Crippen LogP contribution in [0, 0.1) is 5.41 Å². The van der Waals surface area contributed by atoms with E-state index in [-0.39, 0.29) is 11.4 Å². The number of ether oxygens (including phenoxy) is 1. The molecule has 4 nitrogen and oxygen atoms in total. The lowest BCUT2D eigenvalue weighted by atomic mass is 9.56. The normalized spacial score (nSPS) is 24.4. The summed E-state index contributed by atoms with van der Waals surface area (Å²) in [6.45, 7) is 4.28. The monoisotopic (exact) mass is 442 g/mol. The fourth-order valence-electron chi connectivity index (χ4n) is 6.07. The van der Waals surface area contributed by atoms with E-state index in [1.807, 2.05) is 54.6 Å². The summed E-state index contributed by atoms with van der Waals surface area (Å²) >= 11 is 0. The molecule has 3 heterocycles. The van der Waals surface area contributed by atoms with Crippen molar-refractivity contribution in [3.8, 4) is 0 Å². The molecule has 0 aliphatic carbocycles. The summed E-state index contributed by atoms with van der Waals surface area (Å²) in [5.74, 6) is -0.250. The second-order valence-electron chi connectivity index (χ2n) is 9.71. The molecule has 0 radical (unpaired) electrons. The fourth-order valence-corrected chi connectivity index (χ4v) is 6.07. The third-order valence-electron chi connectivity index (χ3n) is 8.15. The average Bonchev–Trinajstić information content (AvgIpc) is 2.90. The molecular formula is C29H32NO3+. The minimum absolute atomic E-state index is 0.184. The second-order valence-corrected chi connectivity index (χ2v) is 9.71. The summed E-state index contributed by atoms with van der Waals surface area (Å²) in [4.78, 5) is 12.3. The first kappa shape index (κ1) is 21.9. The Balaban J connectivity index is 1.32. The molecule has 3 aliphatic rings. The van der Waals surface area contributed by atoms with E-state index in [1.165, 1.54) is 0 Å². The molecule has 0 saturated carbocycles. The maximum Gasteiger partial charge on any atom is 0.338 e. The highest BCUT2D eigenvalue weighted by Gasteiger charge is 2.60. The standard InChI is InChI=1S/C29H32NO3/c31-27(24-10-4-1-5-11-24)33-23-22-30-19-16-28(17-20-30,18-21-30)29(32,25-12-6-2-7-13-25)26-14-8-3-9-15-26/h1-15,32H,16-23H2/q+1. The zero-order chi connectivity index (χ0) is 22.8. The van der Waals surface area contributed by atoms with Crippen LogP contribution in [0.3, 0.4) is 0 Å². The van der Waals surface area contributed by atoms with Gasteiger partial charge in [-0.05, 0) is 23.3 Å². The van der Waals surface area contributed by atoms with E-state index in [1.54, 1.807) is 12.1 Å². The van der Waals surface area contributed by atoms with Crippen molar-refractivity contribution in [3.63, 3.8) is 0 Å². The lowest BCUT2D eigenvalue weighted by Crippen LogP contribution is -2.67. The summed E-state index contributed by atoms with van der Waals surface area (Å²) in [5, 5.41) is 12.4. The van der Waals surface area contributed by atoms with Gasteiger partial charge in [0.05, 0.1) is 25.2 Å². The molecule has 2 bridgehead atoms. The summed E-state index contributed by atoms with van der Waals surface area (Å²) in [6.07, 6.45) is 2.87. The number of carbonyl (C=O) groups is 1. The van der Waals surface area contributed by atoms with Crippen molar-refractivity contribution in [1.82, 2.24) is 0 Å². The molecule has 0 spiro atoms. The van der Waals surface area contributed by atoms with Gasteiger partial charge in [0.15, 0.2) is 0 Å². The summed E-state index contributed by atoms with van der Waals surface area (Å²) in [7, 11) is 0. The maximum atomic E-state index is 12.4. The third-order valence-corrected chi connectivity index (χ3v) is 8.15. The van der Waals surface area contributed by atoms with Crippen molar-refractivity contribution < 1.29 is 19.1 Å². The van der Waals surface area contributed by atoms with Gasteiger partial charge in [-0.25, -0.2) is 4.79 Å². The maximum absolute atomic E-state index is 12.4. The van der Waals surface area contributed by atoms with Gasteiger partial charge in [0.1, 0.15) is 18.8 Å². The SMILES string of the molecule is O=C(OCC[N+]12CCC(C(O)(c3ccccc3)c3ccccc3)(CC1)CC2)c1ccccc1. The van der Waals surface area contributed by atoms with Crippen LogP contribution in [-0.2, 0) is 10.3 Å². The van der Waals surface area contributed by atoms with E-state index in [0.717, 1.165) is 61.1 Å². The first-order valence-corrected chi connectivity index (χ1v) is 12.0. The molecule has 6 rings (SSSR count). The largest absolute Gasteiger partial charge is 0.456 e. The quantitative estimate of drug-likeness (QED) is 0.423. The first-order valence-electron chi connectivity index (χ1n) is 12.0. The zero-order valence-corrected chi connectivity index (χ0v) is 19.0. The topological polar surface area (TPSA) is 46.5 Å². The van der Waals surface area contributed by atoms with Crippen LogP contribution in [0.15, 0.2) is 91.0 Å². The molecule has 3 aliphatic heterocycles. The number of carbonyl (C=O) groups excluding carboxylic acids is 1. The molecular weight excluding hydrogens is 410 g/mol. The van der Waals surface area contributed by atoms with Gasteiger partial charge in [-0.2, -0.15) is 0 Å². The molecule has 0 amide bonds. The Morgan fingerprint density at radius 1 is 0.788 bits per heavy atom. The lowest BCUT2D eigenvalue weighted by Gasteiger charge is -2.60. The molecule has 0 aromatic heterocycles. The molecule has 33 heavy (non-hydrogen) atoms. The van der Waals surface area contributed by atoms with Crippen molar-refractivity contribution in [2.45, 2.75) is 24.9 Å². The number of aliphatic hydroxyl groups is 1. The van der Waals surface area contributed by atoms with Gasteiger partial charge < -0.3 is 14.3 Å². The van der Waals surface area contributed by atoms with Crippen LogP contribution in [0.25, 0.3) is 0 Å². The highest BCUT2D eigenvalue weighted by atomic mass is 16.5. The average molecular weight is 443 g/mol. The molecule has 3 aromatic rings. The number of benzene rings is 3. The molecule has 170 valence electrons. The Kier molecular flexibility index (Phi) is 5.81. The minimum Gasteiger partial charge on any atom is -0.456 e. The van der Waals surface area contributed by atoms with Gasteiger partial charge in [0.2, 0.25) is 0 Å². The predicted molar refractivity (Wildman–Crippen MR) is 129 cm³/mol. The van der Waals surface area contributed by atoms with E-state index >= 15 is 0 Å². The van der Waals surface area contributed by atoms with E-state index < -0.39 is 5.60 Å². The van der Waals surface area contributed by atoms with Gasteiger partial charge >= 0.3 is 5.97 Å². The van der Waals surface area contributed by atoms with E-state index in [0.29, 0.717) is 12.2 Å². The molecule has 0 atom stereocenters. The highest BCUT2D eigenvalue weighted by molar-refractivity contribution is 5.89. The molecule has 3 aromatic carbocycles. The van der Waals surface area contributed by atoms with Crippen molar-refractivity contribution >= 4 is 5.97 Å².